The maximum absolute atomic E-state index is 10.3. The van der Waals surface area contributed by atoms with Crippen molar-refractivity contribution in [1.82, 2.24) is 4.90 Å². The molecule has 0 aliphatic carbocycles. The summed E-state index contributed by atoms with van der Waals surface area (Å²) in [6.07, 6.45) is -0.253. The van der Waals surface area contributed by atoms with Crippen molar-refractivity contribution >= 4 is 17.5 Å². The molecule has 4 nitrogen and oxygen atoms in total. The fraction of sp³-hybridized carbons (Fsp3) is 0.444. The molecule has 0 amide bonds. The van der Waals surface area contributed by atoms with Gasteiger partial charge in [0, 0.05) is 18.0 Å². The molecule has 2 heterocycles. The zero-order chi connectivity index (χ0) is 10.1. The number of hydrogen-bond acceptors (Lipinski definition) is 4. The molecule has 1 N–H and O–H groups in total. The maximum atomic E-state index is 10.3. The summed E-state index contributed by atoms with van der Waals surface area (Å²) in [5.74, 6) is 0. The molecule has 0 unspecified atom stereocenters. The Balaban J connectivity index is 2.19. The summed E-state index contributed by atoms with van der Waals surface area (Å²) >= 11 is 1.44. The van der Waals surface area contributed by atoms with Gasteiger partial charge in [-0.05, 0) is 25.1 Å². The van der Waals surface area contributed by atoms with Gasteiger partial charge in [0.15, 0.2) is 5.06 Å². The standard InChI is InChI=1S/C9H11NO3S/c1-10-3-2-7-6(5-10)4-8(14-7)13-9(11)12/h4H,2-3,5H2,1H3,(H,11,12). The Kier molecular flexibility index (Phi) is 2.43. The lowest BCUT2D eigenvalue weighted by atomic mass is 10.1. The summed E-state index contributed by atoms with van der Waals surface area (Å²) in [7, 11) is 2.05. The summed E-state index contributed by atoms with van der Waals surface area (Å²) < 4.78 is 4.62. The van der Waals surface area contributed by atoms with Crippen LogP contribution in [0.3, 0.4) is 0 Å². The third kappa shape index (κ3) is 1.88. The highest BCUT2D eigenvalue weighted by Gasteiger charge is 2.17. The third-order valence-electron chi connectivity index (χ3n) is 2.22. The van der Waals surface area contributed by atoms with Gasteiger partial charge in [0.1, 0.15) is 0 Å². The van der Waals surface area contributed by atoms with Crippen LogP contribution in [0, 0.1) is 0 Å². The third-order valence-corrected chi connectivity index (χ3v) is 3.34. The van der Waals surface area contributed by atoms with Crippen LogP contribution in [-0.4, -0.2) is 29.8 Å². The van der Waals surface area contributed by atoms with Crippen LogP contribution in [0.25, 0.3) is 0 Å². The van der Waals surface area contributed by atoms with Crippen molar-refractivity contribution in [3.05, 3.63) is 16.5 Å². The van der Waals surface area contributed by atoms with Gasteiger partial charge in [0.2, 0.25) is 0 Å². The summed E-state index contributed by atoms with van der Waals surface area (Å²) in [6.45, 7) is 1.91. The van der Waals surface area contributed by atoms with Crippen molar-refractivity contribution in [2.75, 3.05) is 13.6 Å². The normalized spacial score (nSPS) is 16.4. The molecule has 1 aromatic heterocycles. The number of likely N-dealkylation sites (N-methyl/N-ethyl adjacent to an activating group) is 1. The monoisotopic (exact) mass is 213 g/mol. The first-order valence-corrected chi connectivity index (χ1v) is 5.17. The molecule has 2 rings (SSSR count). The molecule has 14 heavy (non-hydrogen) atoms. The molecule has 1 aromatic rings. The van der Waals surface area contributed by atoms with Crippen LogP contribution in [0.4, 0.5) is 4.79 Å². The van der Waals surface area contributed by atoms with Gasteiger partial charge in [0.05, 0.1) is 0 Å². The molecule has 1 aliphatic rings. The van der Waals surface area contributed by atoms with Crippen LogP contribution in [0.5, 0.6) is 5.06 Å². The first kappa shape index (κ1) is 9.48. The Labute approximate surface area is 85.7 Å². The number of nitrogens with zero attached hydrogens (tertiary/aromatic N) is 1. The fourth-order valence-corrected chi connectivity index (χ4v) is 2.59. The zero-order valence-corrected chi connectivity index (χ0v) is 8.63. The number of fused-ring (bicyclic) bond motifs is 1. The minimum Gasteiger partial charge on any atom is -0.449 e. The Morgan fingerprint density at radius 3 is 3.21 bits per heavy atom. The van der Waals surface area contributed by atoms with E-state index in [0.717, 1.165) is 19.5 Å². The molecule has 5 heteroatoms. The average Bonchev–Trinajstić information content (AvgIpc) is 2.44. The van der Waals surface area contributed by atoms with E-state index in [2.05, 4.69) is 16.7 Å². The molecule has 0 bridgehead atoms. The number of thiophene rings is 1. The van der Waals surface area contributed by atoms with E-state index in [1.807, 2.05) is 6.07 Å². The van der Waals surface area contributed by atoms with Crippen molar-refractivity contribution in [2.24, 2.45) is 0 Å². The smallest absolute Gasteiger partial charge is 0.449 e. The number of ether oxygens (including phenoxy) is 1. The van der Waals surface area contributed by atoms with Crippen LogP contribution >= 0.6 is 11.3 Å². The summed E-state index contributed by atoms with van der Waals surface area (Å²) in [5.41, 5.74) is 1.19. The highest BCUT2D eigenvalue weighted by atomic mass is 32.1. The lowest BCUT2D eigenvalue weighted by Gasteiger charge is -2.21. The largest absolute Gasteiger partial charge is 0.512 e. The van der Waals surface area contributed by atoms with Crippen LogP contribution in [0.15, 0.2) is 6.07 Å². The van der Waals surface area contributed by atoms with Crippen molar-refractivity contribution in [3.8, 4) is 5.06 Å². The highest BCUT2D eigenvalue weighted by molar-refractivity contribution is 7.14. The molecule has 0 radical (unpaired) electrons. The minimum atomic E-state index is -1.24. The number of carbonyl (C=O) groups is 1. The van der Waals surface area contributed by atoms with Crippen molar-refractivity contribution < 1.29 is 14.6 Å². The molecule has 0 aromatic carbocycles. The van der Waals surface area contributed by atoms with Crippen LogP contribution in [0.1, 0.15) is 10.4 Å². The van der Waals surface area contributed by atoms with Crippen molar-refractivity contribution in [2.45, 2.75) is 13.0 Å². The average molecular weight is 213 g/mol. The topological polar surface area (TPSA) is 49.8 Å². The Morgan fingerprint density at radius 2 is 2.50 bits per heavy atom. The van der Waals surface area contributed by atoms with E-state index in [0.29, 0.717) is 5.06 Å². The minimum absolute atomic E-state index is 0.484. The molecule has 0 fully saturated rings. The Hall–Kier alpha value is -1.07. The molecular weight excluding hydrogens is 202 g/mol. The lowest BCUT2D eigenvalue weighted by molar-refractivity contribution is 0.146. The van der Waals surface area contributed by atoms with Gasteiger partial charge >= 0.3 is 6.16 Å². The van der Waals surface area contributed by atoms with Crippen molar-refractivity contribution in [3.63, 3.8) is 0 Å². The molecule has 0 saturated heterocycles. The predicted octanol–water partition coefficient (Wildman–Crippen LogP) is 1.79. The van der Waals surface area contributed by atoms with Crippen molar-refractivity contribution in [1.29, 1.82) is 0 Å². The molecule has 0 spiro atoms. The quantitative estimate of drug-likeness (QED) is 0.722. The van der Waals surface area contributed by atoms with Gasteiger partial charge in [-0.3, -0.25) is 0 Å². The van der Waals surface area contributed by atoms with Crippen LogP contribution in [-0.2, 0) is 13.0 Å². The maximum Gasteiger partial charge on any atom is 0.512 e. The zero-order valence-electron chi connectivity index (χ0n) is 7.82. The van der Waals surface area contributed by atoms with Gasteiger partial charge < -0.3 is 14.7 Å². The second kappa shape index (κ2) is 3.59. The second-order valence-electron chi connectivity index (χ2n) is 3.37. The van der Waals surface area contributed by atoms with E-state index < -0.39 is 6.16 Å². The summed E-state index contributed by atoms with van der Waals surface area (Å²) in [4.78, 5) is 13.8. The van der Waals surface area contributed by atoms with E-state index in [-0.39, 0.29) is 0 Å². The van der Waals surface area contributed by atoms with Gasteiger partial charge in [-0.1, -0.05) is 0 Å². The first-order valence-electron chi connectivity index (χ1n) is 4.36. The second-order valence-corrected chi connectivity index (χ2v) is 4.47. The lowest BCUT2D eigenvalue weighted by Crippen LogP contribution is -2.25. The van der Waals surface area contributed by atoms with Crippen LogP contribution in [0.2, 0.25) is 0 Å². The van der Waals surface area contributed by atoms with E-state index in [4.69, 9.17) is 5.11 Å². The molecule has 76 valence electrons. The van der Waals surface area contributed by atoms with Gasteiger partial charge in [-0.25, -0.2) is 4.79 Å². The Morgan fingerprint density at radius 1 is 1.71 bits per heavy atom. The van der Waals surface area contributed by atoms with E-state index in [1.54, 1.807) is 0 Å². The number of hydrogen-bond donors (Lipinski definition) is 1. The van der Waals surface area contributed by atoms with E-state index in [1.165, 1.54) is 21.8 Å². The fourth-order valence-electron chi connectivity index (χ4n) is 1.58. The SMILES string of the molecule is CN1CCc2sc(OC(=O)O)cc2C1. The van der Waals surface area contributed by atoms with Crippen LogP contribution < -0.4 is 4.74 Å². The molecule has 0 atom stereocenters. The summed E-state index contributed by atoms with van der Waals surface area (Å²) in [6, 6.07) is 1.82. The van der Waals surface area contributed by atoms with Gasteiger partial charge in [0.25, 0.3) is 0 Å². The number of rotatable bonds is 1. The van der Waals surface area contributed by atoms with E-state index in [9.17, 15) is 4.79 Å². The molecular formula is C9H11NO3S. The number of carboxylic acid groups (broad SMARTS) is 1. The summed E-state index contributed by atoms with van der Waals surface area (Å²) in [5, 5.41) is 8.94. The van der Waals surface area contributed by atoms with E-state index >= 15 is 0 Å². The highest BCUT2D eigenvalue weighted by Crippen LogP contribution is 2.32. The molecule has 1 aliphatic heterocycles. The molecule has 0 saturated carbocycles. The van der Waals surface area contributed by atoms with Gasteiger partial charge in [-0.2, -0.15) is 0 Å². The Bertz CT molecular complexity index is 361. The predicted molar refractivity (Wildman–Crippen MR) is 53.0 cm³/mol. The first-order chi connectivity index (χ1) is 6.65. The van der Waals surface area contributed by atoms with Gasteiger partial charge in [-0.15, -0.1) is 11.3 Å².